The van der Waals surface area contributed by atoms with Gasteiger partial charge in [-0.1, -0.05) is 6.07 Å². The van der Waals surface area contributed by atoms with Crippen LogP contribution in [0.1, 0.15) is 63.5 Å². The van der Waals surface area contributed by atoms with Gasteiger partial charge in [0, 0.05) is 44.1 Å². The number of rotatable bonds is 10. The van der Waals surface area contributed by atoms with E-state index in [1.54, 1.807) is 39.8 Å². The first-order valence-corrected chi connectivity index (χ1v) is 14.2. The summed E-state index contributed by atoms with van der Waals surface area (Å²) in [5.74, 6) is -2.68. The van der Waals surface area contributed by atoms with Gasteiger partial charge in [0.25, 0.3) is 5.91 Å². The van der Waals surface area contributed by atoms with Gasteiger partial charge in [0.05, 0.1) is 12.1 Å². The van der Waals surface area contributed by atoms with Gasteiger partial charge in [-0.25, -0.2) is 14.6 Å². The van der Waals surface area contributed by atoms with Gasteiger partial charge in [0.1, 0.15) is 23.1 Å². The van der Waals surface area contributed by atoms with Crippen molar-refractivity contribution in [3.63, 3.8) is 0 Å². The van der Waals surface area contributed by atoms with Crippen molar-refractivity contribution in [1.82, 2.24) is 20.1 Å². The third kappa shape index (κ3) is 9.29. The summed E-state index contributed by atoms with van der Waals surface area (Å²) in [6.45, 7) is 11.3. The van der Waals surface area contributed by atoms with Crippen molar-refractivity contribution in [1.29, 1.82) is 0 Å². The number of benzene rings is 1. The second-order valence-electron chi connectivity index (χ2n) is 11.3. The van der Waals surface area contributed by atoms with Crippen molar-refractivity contribution in [3.8, 4) is 5.75 Å². The first-order chi connectivity index (χ1) is 20.2. The quantitative estimate of drug-likeness (QED) is 0.388. The molecule has 0 spiro atoms. The second kappa shape index (κ2) is 14.2. The Kier molecular flexibility index (Phi) is 10.9. The van der Waals surface area contributed by atoms with E-state index in [0.29, 0.717) is 10.9 Å². The maximum absolute atomic E-state index is 13.6. The molecule has 0 saturated carbocycles. The molecule has 3 amide bonds. The number of ether oxygens (including phenoxy) is 3. The van der Waals surface area contributed by atoms with Crippen LogP contribution in [0.3, 0.4) is 0 Å². The van der Waals surface area contributed by atoms with E-state index in [-0.39, 0.29) is 57.1 Å². The molecule has 1 aliphatic heterocycles. The maximum Gasteiger partial charge on any atom is 0.409 e. The highest BCUT2D eigenvalue weighted by Gasteiger charge is 2.32. The maximum atomic E-state index is 13.6. The van der Waals surface area contributed by atoms with Crippen molar-refractivity contribution in [2.75, 3.05) is 32.8 Å². The SMILES string of the molecule is CCOC(=O)N1CCN(C(=O)[C@H](CCC(=O)OC(C)(C)C)NC(=O)c2cc(O[C@H](C)C(=O)O)c3ccc(C)cc3n2)CC1. The third-order valence-corrected chi connectivity index (χ3v) is 6.59. The molecule has 0 bridgehead atoms. The Morgan fingerprint density at radius 1 is 1.05 bits per heavy atom. The summed E-state index contributed by atoms with van der Waals surface area (Å²) in [6, 6.07) is 5.51. The molecule has 1 aromatic carbocycles. The first-order valence-electron chi connectivity index (χ1n) is 14.2. The van der Waals surface area contributed by atoms with Crippen molar-refractivity contribution in [2.24, 2.45) is 0 Å². The van der Waals surface area contributed by atoms with Gasteiger partial charge >= 0.3 is 18.0 Å². The van der Waals surface area contributed by atoms with Crippen LogP contribution < -0.4 is 10.1 Å². The molecule has 3 rings (SSSR count). The lowest BCUT2D eigenvalue weighted by molar-refractivity contribution is -0.155. The van der Waals surface area contributed by atoms with Crippen LogP contribution in [0, 0.1) is 6.92 Å². The minimum atomic E-state index is -1.20. The van der Waals surface area contributed by atoms with Gasteiger partial charge in [0.15, 0.2) is 6.10 Å². The van der Waals surface area contributed by atoms with E-state index in [4.69, 9.17) is 14.2 Å². The number of carbonyl (C=O) groups excluding carboxylic acids is 4. The van der Waals surface area contributed by atoms with Gasteiger partial charge in [-0.3, -0.25) is 14.4 Å². The number of carboxylic acid groups (broad SMARTS) is 1. The summed E-state index contributed by atoms with van der Waals surface area (Å²) in [6.07, 6.45) is -1.83. The Hall–Kier alpha value is -4.42. The molecule has 13 nitrogen and oxygen atoms in total. The predicted molar refractivity (Wildman–Crippen MR) is 156 cm³/mol. The van der Waals surface area contributed by atoms with E-state index in [2.05, 4.69) is 10.3 Å². The normalized spacial score (nSPS) is 14.9. The predicted octanol–water partition coefficient (Wildman–Crippen LogP) is 2.92. The fourth-order valence-electron chi connectivity index (χ4n) is 4.45. The molecule has 1 fully saturated rings. The van der Waals surface area contributed by atoms with Crippen LogP contribution in [-0.4, -0.2) is 100 Å². The molecule has 43 heavy (non-hydrogen) atoms. The molecule has 0 radical (unpaired) electrons. The molecule has 2 aromatic rings. The Bertz CT molecular complexity index is 1360. The van der Waals surface area contributed by atoms with Gasteiger partial charge < -0.3 is 34.4 Å². The zero-order valence-corrected chi connectivity index (χ0v) is 25.5. The number of aliphatic carboxylic acids is 1. The smallest absolute Gasteiger partial charge is 0.409 e. The Morgan fingerprint density at radius 2 is 1.70 bits per heavy atom. The molecule has 2 heterocycles. The van der Waals surface area contributed by atoms with E-state index in [0.717, 1.165) is 5.56 Å². The van der Waals surface area contributed by atoms with Gasteiger partial charge in [0.2, 0.25) is 5.91 Å². The van der Waals surface area contributed by atoms with E-state index in [1.807, 2.05) is 13.0 Å². The number of carboxylic acids is 1. The molecular weight excluding hydrogens is 560 g/mol. The number of esters is 1. The minimum absolute atomic E-state index is 0.0380. The minimum Gasteiger partial charge on any atom is -0.479 e. The van der Waals surface area contributed by atoms with E-state index >= 15 is 0 Å². The Morgan fingerprint density at radius 3 is 2.30 bits per heavy atom. The number of aromatic nitrogens is 1. The molecular formula is C30H40N4O9. The number of nitrogens with one attached hydrogen (secondary N) is 1. The Labute approximate surface area is 250 Å². The summed E-state index contributed by atoms with van der Waals surface area (Å²) >= 11 is 0. The highest BCUT2D eigenvalue weighted by Crippen LogP contribution is 2.28. The fraction of sp³-hybridized carbons (Fsp3) is 0.533. The highest BCUT2D eigenvalue weighted by atomic mass is 16.6. The molecule has 13 heteroatoms. The van der Waals surface area contributed by atoms with Crippen molar-refractivity contribution >= 4 is 40.7 Å². The summed E-state index contributed by atoms with van der Waals surface area (Å²) in [5.41, 5.74) is 0.460. The lowest BCUT2D eigenvalue weighted by atomic mass is 10.1. The molecule has 0 unspecified atom stereocenters. The standard InChI is InChI=1S/C30H40N4O9/c1-7-41-29(40)34-14-12-33(13-15-34)27(37)21(10-11-25(35)43-30(4,5)6)32-26(36)23-17-24(42-19(3)28(38)39)20-9-8-18(2)16-22(20)31-23/h8-9,16-17,19,21H,7,10-15H2,1-6H3,(H,32,36)(H,38,39)/t19-,21+/m1/s1. The van der Waals surface area contributed by atoms with Crippen LogP contribution in [0.5, 0.6) is 5.75 Å². The molecule has 1 saturated heterocycles. The average Bonchev–Trinajstić information content (AvgIpc) is 2.93. The average molecular weight is 601 g/mol. The molecule has 2 N–H and O–H groups in total. The van der Waals surface area contributed by atoms with Crippen molar-refractivity contribution in [3.05, 3.63) is 35.5 Å². The number of piperazine rings is 1. The van der Waals surface area contributed by atoms with E-state index in [1.165, 1.54) is 22.8 Å². The lowest BCUT2D eigenvalue weighted by Crippen LogP contribution is -2.56. The van der Waals surface area contributed by atoms with E-state index in [9.17, 15) is 29.1 Å². The number of amides is 3. The van der Waals surface area contributed by atoms with E-state index < -0.39 is 47.6 Å². The summed E-state index contributed by atoms with van der Waals surface area (Å²) < 4.78 is 16.1. The largest absolute Gasteiger partial charge is 0.479 e. The van der Waals surface area contributed by atoms with Crippen LogP contribution >= 0.6 is 0 Å². The third-order valence-electron chi connectivity index (χ3n) is 6.59. The number of carbonyl (C=O) groups is 5. The molecule has 1 aliphatic rings. The van der Waals surface area contributed by atoms with Crippen LogP contribution in [0.15, 0.2) is 24.3 Å². The van der Waals surface area contributed by atoms with Crippen molar-refractivity contribution < 1.29 is 43.3 Å². The summed E-state index contributed by atoms with van der Waals surface area (Å²) in [7, 11) is 0. The lowest BCUT2D eigenvalue weighted by Gasteiger charge is -2.36. The summed E-state index contributed by atoms with van der Waals surface area (Å²) in [5, 5.41) is 12.6. The van der Waals surface area contributed by atoms with Gasteiger partial charge in [-0.05, 0) is 65.7 Å². The molecule has 2 atom stereocenters. The van der Waals surface area contributed by atoms with Gasteiger partial charge in [-0.2, -0.15) is 0 Å². The molecule has 0 aliphatic carbocycles. The highest BCUT2D eigenvalue weighted by molar-refractivity contribution is 5.99. The fourth-order valence-corrected chi connectivity index (χ4v) is 4.45. The zero-order chi connectivity index (χ0) is 31.9. The Balaban J connectivity index is 1.86. The topological polar surface area (TPSA) is 165 Å². The molecule has 234 valence electrons. The van der Waals surface area contributed by atoms with Crippen LogP contribution in [-0.2, 0) is 23.9 Å². The summed E-state index contributed by atoms with van der Waals surface area (Å²) in [4.78, 5) is 70.7. The number of hydrogen-bond donors (Lipinski definition) is 2. The number of hydrogen-bond acceptors (Lipinski definition) is 9. The number of pyridine rings is 1. The van der Waals surface area contributed by atoms with Crippen LogP contribution in [0.4, 0.5) is 4.79 Å². The van der Waals surface area contributed by atoms with Crippen molar-refractivity contribution in [2.45, 2.75) is 72.1 Å². The number of fused-ring (bicyclic) bond motifs is 1. The van der Waals surface area contributed by atoms with Crippen LogP contribution in [0.2, 0.25) is 0 Å². The first kappa shape index (κ1) is 33.1. The molecule has 1 aromatic heterocycles. The number of nitrogens with zero attached hydrogens (tertiary/aromatic N) is 3. The zero-order valence-electron chi connectivity index (χ0n) is 25.5. The second-order valence-corrected chi connectivity index (χ2v) is 11.3. The monoisotopic (exact) mass is 600 g/mol. The van der Waals surface area contributed by atoms with Gasteiger partial charge in [-0.15, -0.1) is 0 Å². The number of aryl methyl sites for hydroxylation is 1. The van der Waals surface area contributed by atoms with Crippen LogP contribution in [0.25, 0.3) is 10.9 Å².